The number of aromatic nitrogens is 4. The van der Waals surface area contributed by atoms with Crippen LogP contribution in [0, 0.1) is 0 Å². The molecule has 5 rings (SSSR count). The van der Waals surface area contributed by atoms with Crippen LogP contribution in [0.5, 0.6) is 0 Å². The minimum absolute atomic E-state index is 0.0206. The normalized spacial score (nSPS) is 15.8. The van der Waals surface area contributed by atoms with Crippen molar-refractivity contribution < 1.29 is 5.21 Å². The molecule has 1 aliphatic rings. The summed E-state index contributed by atoms with van der Waals surface area (Å²) in [5.74, 6) is 0.0206. The van der Waals surface area contributed by atoms with Crippen LogP contribution >= 0.6 is 11.3 Å². The van der Waals surface area contributed by atoms with Crippen LogP contribution in [-0.2, 0) is 6.54 Å². The van der Waals surface area contributed by atoms with Gasteiger partial charge in [-0.15, -0.1) is 0 Å². The fourth-order valence-corrected chi connectivity index (χ4v) is 5.02. The minimum atomic E-state index is 0.0206. The second-order valence-electron chi connectivity index (χ2n) is 7.72. The molecular formula is C21H23N7OS. The summed E-state index contributed by atoms with van der Waals surface area (Å²) >= 11 is 1.72. The Morgan fingerprint density at radius 3 is 2.90 bits per heavy atom. The molecule has 154 valence electrons. The van der Waals surface area contributed by atoms with E-state index in [1.807, 2.05) is 4.57 Å². The van der Waals surface area contributed by atoms with E-state index in [4.69, 9.17) is 15.9 Å². The van der Waals surface area contributed by atoms with Crippen LogP contribution in [0.3, 0.4) is 0 Å². The summed E-state index contributed by atoms with van der Waals surface area (Å²) in [6, 6.07) is 8.69. The maximum atomic E-state index is 8.84. The molecule has 3 aromatic heterocycles. The van der Waals surface area contributed by atoms with Crippen molar-refractivity contribution >= 4 is 43.7 Å². The molecule has 0 saturated heterocycles. The van der Waals surface area contributed by atoms with E-state index in [2.05, 4.69) is 38.6 Å². The van der Waals surface area contributed by atoms with Crippen LogP contribution in [0.4, 0.5) is 5.13 Å². The Kier molecular flexibility index (Phi) is 4.96. The van der Waals surface area contributed by atoms with E-state index in [1.165, 1.54) is 36.8 Å². The predicted molar refractivity (Wildman–Crippen MR) is 119 cm³/mol. The van der Waals surface area contributed by atoms with Gasteiger partial charge in [0.1, 0.15) is 5.52 Å². The summed E-state index contributed by atoms with van der Waals surface area (Å²) in [4.78, 5) is 13.6. The van der Waals surface area contributed by atoms with Gasteiger partial charge >= 0.3 is 0 Å². The largest absolute Gasteiger partial charge is 0.409 e. The molecule has 0 unspecified atom stereocenters. The Balaban J connectivity index is 1.37. The first-order valence-corrected chi connectivity index (χ1v) is 11.0. The van der Waals surface area contributed by atoms with Crippen LogP contribution in [0.25, 0.3) is 21.4 Å². The third kappa shape index (κ3) is 3.68. The summed E-state index contributed by atoms with van der Waals surface area (Å²) in [7, 11) is 0. The van der Waals surface area contributed by atoms with Crippen LogP contribution in [0.1, 0.15) is 43.2 Å². The lowest BCUT2D eigenvalue weighted by Gasteiger charge is -2.22. The number of anilines is 1. The van der Waals surface area contributed by atoms with Gasteiger partial charge in [-0.05, 0) is 36.6 Å². The van der Waals surface area contributed by atoms with Crippen molar-refractivity contribution in [2.24, 2.45) is 10.9 Å². The molecule has 0 bridgehead atoms. The predicted octanol–water partition coefficient (Wildman–Crippen LogP) is 3.93. The number of hydrogen-bond acceptors (Lipinski definition) is 7. The molecule has 4 aromatic rings. The van der Waals surface area contributed by atoms with Gasteiger partial charge < -0.3 is 20.8 Å². The van der Waals surface area contributed by atoms with Crippen molar-refractivity contribution in [2.45, 2.75) is 44.7 Å². The number of pyridine rings is 1. The highest BCUT2D eigenvalue weighted by Crippen LogP contribution is 2.30. The smallest absolute Gasteiger partial charge is 0.184 e. The molecule has 4 N–H and O–H groups in total. The summed E-state index contributed by atoms with van der Waals surface area (Å²) in [6.07, 6.45) is 9.79. The zero-order chi connectivity index (χ0) is 20.5. The molecule has 9 heteroatoms. The first kappa shape index (κ1) is 18.8. The highest BCUT2D eigenvalue weighted by Gasteiger charge is 2.15. The summed E-state index contributed by atoms with van der Waals surface area (Å²) in [5, 5.41) is 16.5. The number of amidine groups is 1. The van der Waals surface area contributed by atoms with Gasteiger partial charge in [-0.1, -0.05) is 41.8 Å². The average molecular weight is 422 g/mol. The van der Waals surface area contributed by atoms with Gasteiger partial charge in [0.15, 0.2) is 16.6 Å². The van der Waals surface area contributed by atoms with Crippen molar-refractivity contribution in [2.75, 3.05) is 5.32 Å². The van der Waals surface area contributed by atoms with Gasteiger partial charge in [-0.3, -0.25) is 0 Å². The monoisotopic (exact) mass is 421 g/mol. The lowest BCUT2D eigenvalue weighted by molar-refractivity contribution is 0.318. The second kappa shape index (κ2) is 7.91. The van der Waals surface area contributed by atoms with Crippen molar-refractivity contribution in [3.63, 3.8) is 0 Å². The standard InChI is InChI=1S/C21H23N7OS/c22-19(27-29)14-9-17-20(23-10-14)28(12-24-17)11-13-6-7-16-18(8-13)30-21(26-16)25-15-4-2-1-3-5-15/h6-10,12,15,29H,1-5,11H2,(H2,22,27)(H,25,26). The fourth-order valence-electron chi connectivity index (χ4n) is 4.01. The van der Waals surface area contributed by atoms with E-state index in [9.17, 15) is 0 Å². The number of imidazole rings is 1. The Bertz CT molecular complexity index is 1220. The molecule has 0 amide bonds. The minimum Gasteiger partial charge on any atom is -0.409 e. The molecule has 3 heterocycles. The number of oxime groups is 1. The van der Waals surface area contributed by atoms with Gasteiger partial charge in [0, 0.05) is 17.8 Å². The number of hydrogen-bond donors (Lipinski definition) is 3. The van der Waals surface area contributed by atoms with Gasteiger partial charge in [0.05, 0.1) is 23.1 Å². The molecule has 0 atom stereocenters. The van der Waals surface area contributed by atoms with E-state index < -0.39 is 0 Å². The maximum Gasteiger partial charge on any atom is 0.184 e. The van der Waals surface area contributed by atoms with E-state index >= 15 is 0 Å². The molecule has 1 aliphatic carbocycles. The topological polar surface area (TPSA) is 114 Å². The molecule has 1 saturated carbocycles. The van der Waals surface area contributed by atoms with Gasteiger partial charge in [-0.2, -0.15) is 0 Å². The van der Waals surface area contributed by atoms with E-state index in [1.54, 1.807) is 29.9 Å². The molecule has 30 heavy (non-hydrogen) atoms. The Morgan fingerprint density at radius 2 is 2.07 bits per heavy atom. The molecule has 8 nitrogen and oxygen atoms in total. The third-order valence-corrected chi connectivity index (χ3v) is 6.55. The third-order valence-electron chi connectivity index (χ3n) is 5.60. The number of nitrogens with one attached hydrogen (secondary N) is 1. The Morgan fingerprint density at radius 1 is 1.20 bits per heavy atom. The first-order chi connectivity index (χ1) is 14.7. The average Bonchev–Trinajstić information content (AvgIpc) is 3.36. The van der Waals surface area contributed by atoms with Gasteiger partial charge in [0.25, 0.3) is 0 Å². The highest BCUT2D eigenvalue weighted by atomic mass is 32.1. The molecule has 1 fully saturated rings. The van der Waals surface area contributed by atoms with Crippen molar-refractivity contribution in [3.8, 4) is 0 Å². The molecule has 0 radical (unpaired) electrons. The Hall–Kier alpha value is -3.20. The zero-order valence-electron chi connectivity index (χ0n) is 16.5. The number of nitrogens with zero attached hydrogens (tertiary/aromatic N) is 5. The summed E-state index contributed by atoms with van der Waals surface area (Å²) in [5.41, 5.74) is 9.84. The van der Waals surface area contributed by atoms with Crippen LogP contribution in [-0.4, -0.2) is 36.6 Å². The zero-order valence-corrected chi connectivity index (χ0v) is 17.3. The number of fused-ring (bicyclic) bond motifs is 2. The molecular weight excluding hydrogens is 398 g/mol. The summed E-state index contributed by atoms with van der Waals surface area (Å²) < 4.78 is 3.17. The lowest BCUT2D eigenvalue weighted by Crippen LogP contribution is -2.21. The van der Waals surface area contributed by atoms with Gasteiger partial charge in [0.2, 0.25) is 0 Å². The SMILES string of the molecule is NC(=NO)c1cnc2c(c1)ncn2Cc1ccc2nc(NC3CCCCC3)sc2c1. The number of thiazole rings is 1. The molecule has 1 aromatic carbocycles. The van der Waals surface area contributed by atoms with E-state index in [-0.39, 0.29) is 5.84 Å². The van der Waals surface area contributed by atoms with Crippen LogP contribution in [0.15, 0.2) is 41.9 Å². The number of benzene rings is 1. The lowest BCUT2D eigenvalue weighted by atomic mass is 9.96. The van der Waals surface area contributed by atoms with Crippen LogP contribution < -0.4 is 11.1 Å². The Labute approximate surface area is 177 Å². The second-order valence-corrected chi connectivity index (χ2v) is 8.76. The number of rotatable bonds is 5. The summed E-state index contributed by atoms with van der Waals surface area (Å²) in [6.45, 7) is 0.658. The fraction of sp³-hybridized carbons (Fsp3) is 0.333. The van der Waals surface area contributed by atoms with Crippen LogP contribution in [0.2, 0.25) is 0 Å². The van der Waals surface area contributed by atoms with Crippen molar-refractivity contribution in [1.82, 2.24) is 19.5 Å². The van der Waals surface area contributed by atoms with E-state index in [0.717, 1.165) is 21.9 Å². The van der Waals surface area contributed by atoms with Crippen molar-refractivity contribution in [3.05, 3.63) is 47.9 Å². The van der Waals surface area contributed by atoms with E-state index in [0.29, 0.717) is 23.7 Å². The van der Waals surface area contributed by atoms with Crippen molar-refractivity contribution in [1.29, 1.82) is 0 Å². The maximum absolute atomic E-state index is 8.84. The molecule has 0 aliphatic heterocycles. The number of nitrogens with two attached hydrogens (primary N) is 1. The van der Waals surface area contributed by atoms with Gasteiger partial charge in [-0.25, -0.2) is 15.0 Å². The quantitative estimate of drug-likeness (QED) is 0.195. The molecule has 0 spiro atoms. The highest BCUT2D eigenvalue weighted by molar-refractivity contribution is 7.22. The first-order valence-electron chi connectivity index (χ1n) is 10.1.